The first kappa shape index (κ1) is 25.1. The van der Waals surface area contributed by atoms with Crippen LogP contribution >= 0.6 is 0 Å². The molecule has 36 heavy (non-hydrogen) atoms. The number of aryl methyl sites for hydroxylation is 1. The van der Waals surface area contributed by atoms with Gasteiger partial charge >= 0.3 is 5.69 Å². The van der Waals surface area contributed by atoms with E-state index >= 15 is 0 Å². The van der Waals surface area contributed by atoms with E-state index in [1.165, 1.54) is 4.57 Å². The number of nitrogens with two attached hydrogens (primary N) is 2. The van der Waals surface area contributed by atoms with Gasteiger partial charge in [-0.3, -0.25) is 14.2 Å². The van der Waals surface area contributed by atoms with Gasteiger partial charge in [0.2, 0.25) is 0 Å². The van der Waals surface area contributed by atoms with Crippen LogP contribution in [0.25, 0.3) is 5.69 Å². The molecule has 1 aliphatic heterocycles. The SMILES string of the molecule is CCn1c(=O)c(C2c3c(C)c(O)c(C)c(C(N)=O)c3OC2(C)C)c(N)n(-c2cccc(C)c2C)c1=O. The number of rotatable bonds is 4. The van der Waals surface area contributed by atoms with Gasteiger partial charge in [-0.25, -0.2) is 9.36 Å². The highest BCUT2D eigenvalue weighted by Gasteiger charge is 2.49. The fourth-order valence-electron chi connectivity index (χ4n) is 5.36. The molecular weight excluding hydrogens is 460 g/mol. The monoisotopic (exact) mass is 492 g/mol. The van der Waals surface area contributed by atoms with Crippen LogP contribution in [0.15, 0.2) is 27.8 Å². The number of carbonyl (C=O) groups is 1. The summed E-state index contributed by atoms with van der Waals surface area (Å²) < 4.78 is 8.76. The molecule has 1 aliphatic rings. The molecular formula is C27H32N4O5. The lowest BCUT2D eigenvalue weighted by Crippen LogP contribution is -2.45. The first-order chi connectivity index (χ1) is 16.8. The molecule has 0 radical (unpaired) electrons. The summed E-state index contributed by atoms with van der Waals surface area (Å²) in [6.45, 7) is 12.5. The van der Waals surface area contributed by atoms with Crippen LogP contribution in [0.5, 0.6) is 11.5 Å². The number of anilines is 1. The number of hydrogen-bond acceptors (Lipinski definition) is 6. The van der Waals surface area contributed by atoms with Gasteiger partial charge in [0.25, 0.3) is 11.5 Å². The number of phenols is 1. The van der Waals surface area contributed by atoms with Crippen molar-refractivity contribution in [3.05, 3.63) is 78.0 Å². The van der Waals surface area contributed by atoms with Crippen molar-refractivity contribution in [1.82, 2.24) is 9.13 Å². The fraction of sp³-hybridized carbons (Fsp3) is 0.370. The zero-order chi connectivity index (χ0) is 26.9. The Balaban J connectivity index is 2.19. The number of phenolic OH excluding ortho intramolecular Hbond substituents is 1. The van der Waals surface area contributed by atoms with E-state index in [-0.39, 0.29) is 35.0 Å². The van der Waals surface area contributed by atoms with Crippen molar-refractivity contribution in [1.29, 1.82) is 0 Å². The summed E-state index contributed by atoms with van der Waals surface area (Å²) in [7, 11) is 0. The Labute approximate surface area is 208 Å². The van der Waals surface area contributed by atoms with Crippen LogP contribution in [-0.2, 0) is 6.54 Å². The highest BCUT2D eigenvalue weighted by atomic mass is 16.5. The Hall–Kier alpha value is -4.01. The van der Waals surface area contributed by atoms with Crippen LogP contribution in [0.1, 0.15) is 70.4 Å². The van der Waals surface area contributed by atoms with Gasteiger partial charge in [0.05, 0.1) is 22.7 Å². The molecule has 0 aliphatic carbocycles. The lowest BCUT2D eigenvalue weighted by Gasteiger charge is -2.29. The largest absolute Gasteiger partial charge is 0.507 e. The maximum Gasteiger partial charge on any atom is 0.337 e. The Morgan fingerprint density at radius 3 is 2.31 bits per heavy atom. The van der Waals surface area contributed by atoms with Crippen molar-refractivity contribution in [3.63, 3.8) is 0 Å². The first-order valence-corrected chi connectivity index (χ1v) is 11.8. The normalized spacial score (nSPS) is 16.0. The zero-order valence-electron chi connectivity index (χ0n) is 21.6. The van der Waals surface area contributed by atoms with Gasteiger partial charge in [0.15, 0.2) is 0 Å². The average Bonchev–Trinajstić information content (AvgIpc) is 3.05. The highest BCUT2D eigenvalue weighted by molar-refractivity contribution is 5.99. The number of amides is 1. The molecule has 1 aromatic heterocycles. The summed E-state index contributed by atoms with van der Waals surface area (Å²) in [6.07, 6.45) is 0. The van der Waals surface area contributed by atoms with Crippen LogP contribution in [0.4, 0.5) is 5.82 Å². The number of aromatic hydroxyl groups is 1. The molecule has 2 heterocycles. The van der Waals surface area contributed by atoms with Crippen LogP contribution in [0.3, 0.4) is 0 Å². The number of nitrogen functional groups attached to an aromatic ring is 1. The van der Waals surface area contributed by atoms with E-state index in [1.807, 2.05) is 26.0 Å². The lowest BCUT2D eigenvalue weighted by atomic mass is 9.78. The van der Waals surface area contributed by atoms with Crippen LogP contribution in [0, 0.1) is 27.7 Å². The number of primary amides is 1. The first-order valence-electron chi connectivity index (χ1n) is 11.8. The summed E-state index contributed by atoms with van der Waals surface area (Å²) >= 11 is 0. The number of hydrogen-bond donors (Lipinski definition) is 3. The van der Waals surface area contributed by atoms with Crippen molar-refractivity contribution >= 4 is 11.7 Å². The Bertz CT molecular complexity index is 1560. The summed E-state index contributed by atoms with van der Waals surface area (Å²) in [5.74, 6) is -1.45. The van der Waals surface area contributed by atoms with Gasteiger partial charge in [0.1, 0.15) is 22.9 Å². The zero-order valence-corrected chi connectivity index (χ0v) is 21.6. The number of nitrogens with zero attached hydrogens (tertiary/aromatic N) is 2. The van der Waals surface area contributed by atoms with E-state index in [1.54, 1.807) is 40.7 Å². The average molecular weight is 493 g/mol. The van der Waals surface area contributed by atoms with E-state index in [0.717, 1.165) is 15.7 Å². The summed E-state index contributed by atoms with van der Waals surface area (Å²) in [4.78, 5) is 39.7. The molecule has 0 bridgehead atoms. The minimum Gasteiger partial charge on any atom is -0.507 e. The third-order valence-corrected chi connectivity index (χ3v) is 7.39. The third kappa shape index (κ3) is 3.33. The van der Waals surface area contributed by atoms with E-state index in [9.17, 15) is 19.5 Å². The molecule has 2 aromatic carbocycles. The lowest BCUT2D eigenvalue weighted by molar-refractivity contribution is 0.0976. The molecule has 0 spiro atoms. The molecule has 1 unspecified atom stereocenters. The highest BCUT2D eigenvalue weighted by Crippen LogP contribution is 2.54. The van der Waals surface area contributed by atoms with E-state index in [4.69, 9.17) is 16.2 Å². The molecule has 5 N–H and O–H groups in total. The minimum absolute atomic E-state index is 0.0157. The maximum absolute atomic E-state index is 13.8. The van der Waals surface area contributed by atoms with Gasteiger partial charge < -0.3 is 21.3 Å². The molecule has 3 aromatic rings. The fourth-order valence-corrected chi connectivity index (χ4v) is 5.36. The quantitative estimate of drug-likeness (QED) is 0.511. The van der Waals surface area contributed by atoms with Gasteiger partial charge in [-0.1, -0.05) is 12.1 Å². The molecule has 1 atom stereocenters. The predicted octanol–water partition coefficient (Wildman–Crippen LogP) is 2.94. The number of benzene rings is 2. The molecule has 9 heteroatoms. The molecule has 0 fully saturated rings. The van der Waals surface area contributed by atoms with Crippen molar-refractivity contribution in [3.8, 4) is 17.2 Å². The van der Waals surface area contributed by atoms with Gasteiger partial charge in [-0.2, -0.15) is 0 Å². The second-order valence-electron chi connectivity index (χ2n) is 9.90. The summed E-state index contributed by atoms with van der Waals surface area (Å²) in [5, 5.41) is 10.9. The minimum atomic E-state index is -1.06. The van der Waals surface area contributed by atoms with E-state index < -0.39 is 28.7 Å². The molecule has 1 amide bonds. The summed E-state index contributed by atoms with van der Waals surface area (Å²) in [6, 6.07) is 5.54. The smallest absolute Gasteiger partial charge is 0.337 e. The van der Waals surface area contributed by atoms with Crippen molar-refractivity contribution in [2.24, 2.45) is 5.73 Å². The van der Waals surface area contributed by atoms with Crippen LogP contribution in [-0.4, -0.2) is 25.7 Å². The molecule has 0 saturated carbocycles. The van der Waals surface area contributed by atoms with Crippen molar-refractivity contribution in [2.75, 3.05) is 5.73 Å². The molecule has 190 valence electrons. The number of ether oxygens (including phenoxy) is 1. The Kier molecular flexibility index (Phi) is 5.78. The Morgan fingerprint density at radius 1 is 1.08 bits per heavy atom. The number of aromatic nitrogens is 2. The van der Waals surface area contributed by atoms with Gasteiger partial charge in [0, 0.05) is 17.7 Å². The van der Waals surface area contributed by atoms with Crippen LogP contribution < -0.4 is 27.5 Å². The maximum atomic E-state index is 13.8. The van der Waals surface area contributed by atoms with Gasteiger partial charge in [-0.05, 0) is 71.2 Å². The predicted molar refractivity (Wildman–Crippen MR) is 139 cm³/mol. The van der Waals surface area contributed by atoms with Crippen molar-refractivity contribution < 1.29 is 14.6 Å². The number of carbonyl (C=O) groups excluding carboxylic acids is 1. The summed E-state index contributed by atoms with van der Waals surface area (Å²) in [5.41, 5.74) is 14.0. The third-order valence-electron chi connectivity index (χ3n) is 7.39. The molecule has 4 rings (SSSR count). The van der Waals surface area contributed by atoms with Gasteiger partial charge in [-0.15, -0.1) is 0 Å². The van der Waals surface area contributed by atoms with E-state index in [2.05, 4.69) is 0 Å². The molecule has 0 saturated heterocycles. The standard InChI is InChI=1S/C27H32N4O5/c1-8-30-25(34)19(23(28)31(26(30)35)16-11-9-10-12(2)13(16)3)20-17-14(4)21(32)15(5)18(24(29)33)22(17)36-27(20,6)7/h9-11,20,32H,8,28H2,1-7H3,(H2,29,33). The van der Waals surface area contributed by atoms with Crippen molar-refractivity contribution in [2.45, 2.75) is 66.5 Å². The second-order valence-corrected chi connectivity index (χ2v) is 9.90. The van der Waals surface area contributed by atoms with Crippen LogP contribution in [0.2, 0.25) is 0 Å². The molecule has 9 nitrogen and oxygen atoms in total. The topological polar surface area (TPSA) is 143 Å². The number of fused-ring (bicyclic) bond motifs is 1. The second kappa shape index (κ2) is 8.29. The van der Waals surface area contributed by atoms with E-state index in [0.29, 0.717) is 22.4 Å². The Morgan fingerprint density at radius 2 is 1.72 bits per heavy atom.